The lowest BCUT2D eigenvalue weighted by atomic mass is 9.85. The zero-order valence-electron chi connectivity index (χ0n) is 11.3. The highest BCUT2D eigenvalue weighted by atomic mass is 19.4. The number of ether oxygens (including phenoxy) is 1. The lowest BCUT2D eigenvalue weighted by molar-refractivity contribution is -0.241. The van der Waals surface area contributed by atoms with Crippen LogP contribution in [0.3, 0.4) is 0 Å². The van der Waals surface area contributed by atoms with Crippen molar-refractivity contribution in [2.24, 2.45) is 0 Å². The van der Waals surface area contributed by atoms with Crippen LogP contribution in [0.4, 0.5) is 22.0 Å². The molecular weight excluding hydrogens is 311 g/mol. The molecule has 2 atom stereocenters. The summed E-state index contributed by atoms with van der Waals surface area (Å²) in [5.41, 5.74) is -4.77. The topological polar surface area (TPSA) is 39.4 Å². The normalized spacial score (nSPS) is 24.4. The number of rotatable bonds is 0. The van der Waals surface area contributed by atoms with Gasteiger partial charge in [-0.3, -0.25) is 0 Å². The highest BCUT2D eigenvalue weighted by Gasteiger charge is 2.62. The molecule has 0 bridgehead atoms. The van der Waals surface area contributed by atoms with E-state index in [9.17, 15) is 26.7 Å². The number of halogens is 5. The Morgan fingerprint density at radius 3 is 2.45 bits per heavy atom. The Labute approximate surface area is 120 Å². The molecule has 22 heavy (non-hydrogen) atoms. The molecule has 0 spiro atoms. The van der Waals surface area contributed by atoms with Crippen LogP contribution in [0.2, 0.25) is 0 Å². The highest BCUT2D eigenvalue weighted by molar-refractivity contribution is 5.84. The van der Waals surface area contributed by atoms with Crippen LogP contribution in [-0.4, -0.2) is 11.8 Å². The third-order valence-corrected chi connectivity index (χ3v) is 4.10. The maximum atomic E-state index is 13.7. The first-order valence-electron chi connectivity index (χ1n) is 6.28. The maximum Gasteiger partial charge on any atom is 0.428 e. The smallest absolute Gasteiger partial charge is 0.428 e. The summed E-state index contributed by atoms with van der Waals surface area (Å²) < 4.78 is 76.1. The number of fused-ring (bicyclic) bond motifs is 3. The van der Waals surface area contributed by atoms with E-state index in [1.54, 1.807) is 0 Å². The van der Waals surface area contributed by atoms with E-state index < -0.39 is 46.3 Å². The molecule has 0 saturated carbocycles. The summed E-state index contributed by atoms with van der Waals surface area (Å²) in [5, 5.41) is -0.117. The SMILES string of the molecule is CC1c2c(c(=O)oc3c(F)c(F)ccc23)OC1(C)C(F)(F)F. The van der Waals surface area contributed by atoms with E-state index >= 15 is 0 Å². The van der Waals surface area contributed by atoms with Crippen LogP contribution < -0.4 is 10.4 Å². The van der Waals surface area contributed by atoms with E-state index in [1.807, 2.05) is 0 Å². The number of benzene rings is 1. The Morgan fingerprint density at radius 2 is 1.86 bits per heavy atom. The second-order valence-electron chi connectivity index (χ2n) is 5.30. The van der Waals surface area contributed by atoms with Crippen molar-refractivity contribution in [1.82, 2.24) is 0 Å². The van der Waals surface area contributed by atoms with E-state index in [1.165, 1.54) is 6.92 Å². The highest BCUT2D eigenvalue weighted by Crippen LogP contribution is 2.52. The van der Waals surface area contributed by atoms with Gasteiger partial charge in [0.2, 0.25) is 17.2 Å². The minimum Gasteiger partial charge on any atom is -0.470 e. The Hall–Kier alpha value is -2.12. The standard InChI is InChI=1S/C14H9F5O3/c1-5-8-6-3-4-7(15)9(16)10(6)21-12(20)11(8)22-13(5,2)14(17,18)19/h3-5H,1-2H3. The molecule has 2 unspecified atom stereocenters. The second kappa shape index (κ2) is 4.21. The van der Waals surface area contributed by atoms with Gasteiger partial charge in [0.15, 0.2) is 11.4 Å². The van der Waals surface area contributed by atoms with Crippen LogP contribution in [0.1, 0.15) is 25.3 Å². The Kier molecular flexibility index (Phi) is 2.83. The molecule has 3 nitrogen and oxygen atoms in total. The Bertz CT molecular complexity index is 839. The number of hydrogen-bond donors (Lipinski definition) is 0. The minimum atomic E-state index is -4.76. The summed E-state index contributed by atoms with van der Waals surface area (Å²) in [6.07, 6.45) is -4.76. The molecule has 1 aliphatic rings. The monoisotopic (exact) mass is 320 g/mol. The molecule has 3 rings (SSSR count). The molecule has 118 valence electrons. The predicted octanol–water partition coefficient (Wildman–Crippen LogP) is 3.89. The van der Waals surface area contributed by atoms with Gasteiger partial charge in [0, 0.05) is 16.9 Å². The summed E-state index contributed by atoms with van der Waals surface area (Å²) in [7, 11) is 0. The lowest BCUT2D eigenvalue weighted by Gasteiger charge is -2.30. The van der Waals surface area contributed by atoms with Crippen molar-refractivity contribution in [3.63, 3.8) is 0 Å². The van der Waals surface area contributed by atoms with Gasteiger partial charge in [-0.1, -0.05) is 6.92 Å². The molecule has 0 fully saturated rings. The fraction of sp³-hybridized carbons (Fsp3) is 0.357. The van der Waals surface area contributed by atoms with Crippen LogP contribution in [-0.2, 0) is 0 Å². The van der Waals surface area contributed by atoms with Gasteiger partial charge in [0.05, 0.1) is 0 Å². The second-order valence-corrected chi connectivity index (χ2v) is 5.30. The van der Waals surface area contributed by atoms with Crippen molar-refractivity contribution in [3.05, 3.63) is 39.8 Å². The minimum absolute atomic E-state index is 0.117. The van der Waals surface area contributed by atoms with Gasteiger partial charge in [0.1, 0.15) is 0 Å². The van der Waals surface area contributed by atoms with Gasteiger partial charge in [-0.25, -0.2) is 9.18 Å². The molecule has 0 N–H and O–H groups in total. The first-order valence-corrected chi connectivity index (χ1v) is 6.28. The Balaban J connectivity index is 2.38. The summed E-state index contributed by atoms with van der Waals surface area (Å²) in [6, 6.07) is 1.82. The van der Waals surface area contributed by atoms with Crippen molar-refractivity contribution >= 4 is 11.0 Å². The fourth-order valence-electron chi connectivity index (χ4n) is 2.62. The average molecular weight is 320 g/mol. The summed E-state index contributed by atoms with van der Waals surface area (Å²) in [5.74, 6) is -4.60. The quantitative estimate of drug-likeness (QED) is 0.546. The first kappa shape index (κ1) is 14.8. The first-order chi connectivity index (χ1) is 10.1. The Morgan fingerprint density at radius 1 is 1.23 bits per heavy atom. The van der Waals surface area contributed by atoms with Crippen molar-refractivity contribution in [3.8, 4) is 5.75 Å². The molecule has 1 aromatic carbocycles. The van der Waals surface area contributed by atoms with Crippen molar-refractivity contribution in [2.45, 2.75) is 31.5 Å². The zero-order chi connectivity index (χ0) is 16.4. The molecule has 0 radical (unpaired) electrons. The average Bonchev–Trinajstić information content (AvgIpc) is 2.70. The molecule has 1 aromatic heterocycles. The number of hydrogen-bond acceptors (Lipinski definition) is 3. The molecule has 1 aliphatic heterocycles. The summed E-state index contributed by atoms with van der Waals surface area (Å²) in [4.78, 5) is 11.8. The van der Waals surface area contributed by atoms with Crippen molar-refractivity contribution in [1.29, 1.82) is 0 Å². The van der Waals surface area contributed by atoms with Gasteiger partial charge in [-0.15, -0.1) is 0 Å². The van der Waals surface area contributed by atoms with Gasteiger partial charge in [-0.2, -0.15) is 17.6 Å². The maximum absolute atomic E-state index is 13.7. The van der Waals surface area contributed by atoms with Gasteiger partial charge in [0.25, 0.3) is 0 Å². The van der Waals surface area contributed by atoms with Crippen LogP contribution in [0, 0.1) is 11.6 Å². The predicted molar refractivity (Wildman–Crippen MR) is 65.9 cm³/mol. The fourth-order valence-corrected chi connectivity index (χ4v) is 2.62. The van der Waals surface area contributed by atoms with Crippen molar-refractivity contribution < 1.29 is 31.1 Å². The molecule has 2 aromatic rings. The van der Waals surface area contributed by atoms with Crippen LogP contribution in [0.25, 0.3) is 11.0 Å². The lowest BCUT2D eigenvalue weighted by Crippen LogP contribution is -2.48. The van der Waals surface area contributed by atoms with E-state index in [4.69, 9.17) is 4.74 Å². The van der Waals surface area contributed by atoms with E-state index in [2.05, 4.69) is 4.42 Å². The third kappa shape index (κ3) is 1.69. The summed E-state index contributed by atoms with van der Waals surface area (Å²) in [6.45, 7) is 2.00. The van der Waals surface area contributed by atoms with Crippen LogP contribution >= 0.6 is 0 Å². The van der Waals surface area contributed by atoms with E-state index in [0.717, 1.165) is 19.1 Å². The van der Waals surface area contributed by atoms with Crippen LogP contribution in [0.15, 0.2) is 21.3 Å². The van der Waals surface area contributed by atoms with Gasteiger partial charge >= 0.3 is 11.8 Å². The molecular formula is C14H9F5O3. The summed E-state index contributed by atoms with van der Waals surface area (Å²) >= 11 is 0. The van der Waals surface area contributed by atoms with E-state index in [-0.39, 0.29) is 10.9 Å². The molecule has 2 heterocycles. The van der Waals surface area contributed by atoms with Crippen LogP contribution in [0.5, 0.6) is 5.75 Å². The molecule has 8 heteroatoms. The third-order valence-electron chi connectivity index (χ3n) is 4.10. The van der Waals surface area contributed by atoms with Crippen molar-refractivity contribution in [2.75, 3.05) is 0 Å². The number of alkyl halides is 3. The molecule has 0 saturated heterocycles. The van der Waals surface area contributed by atoms with E-state index in [0.29, 0.717) is 0 Å². The zero-order valence-corrected chi connectivity index (χ0v) is 11.3. The molecule has 0 aliphatic carbocycles. The van der Waals surface area contributed by atoms with Gasteiger partial charge < -0.3 is 9.15 Å². The molecule has 0 amide bonds. The largest absolute Gasteiger partial charge is 0.470 e. The van der Waals surface area contributed by atoms with Gasteiger partial charge in [-0.05, 0) is 19.1 Å².